The molecule has 1 aromatic carbocycles. The van der Waals surface area contributed by atoms with Gasteiger partial charge in [0.25, 0.3) is 0 Å². The molecule has 2 rings (SSSR count). The van der Waals surface area contributed by atoms with Crippen molar-refractivity contribution in [2.45, 2.75) is 44.3 Å². The quantitative estimate of drug-likeness (QED) is 0.682. The maximum absolute atomic E-state index is 11.8. The topological polar surface area (TPSA) is 61.4 Å². The molecule has 1 saturated carbocycles. The van der Waals surface area contributed by atoms with Crippen LogP contribution in [-0.2, 0) is 11.2 Å². The van der Waals surface area contributed by atoms with E-state index in [1.165, 1.54) is 0 Å². The lowest BCUT2D eigenvalue weighted by molar-refractivity contribution is -0.123. The Morgan fingerprint density at radius 1 is 1.37 bits per heavy atom. The maximum Gasteiger partial charge on any atom is 0.237 e. The second-order valence-electron chi connectivity index (χ2n) is 5.24. The SMILES string of the molecule is CC(NC(CO)Cc1ccccc1)C(=O)NC1CC1. The molecule has 2 unspecified atom stereocenters. The molecule has 1 fully saturated rings. The lowest BCUT2D eigenvalue weighted by atomic mass is 10.1. The molecular weight excluding hydrogens is 240 g/mol. The number of aliphatic hydroxyl groups is 1. The Balaban J connectivity index is 1.82. The van der Waals surface area contributed by atoms with E-state index in [2.05, 4.69) is 10.6 Å². The molecule has 0 heterocycles. The van der Waals surface area contributed by atoms with Crippen molar-refractivity contribution >= 4 is 5.91 Å². The van der Waals surface area contributed by atoms with Gasteiger partial charge in [-0.1, -0.05) is 30.3 Å². The highest BCUT2D eigenvalue weighted by Crippen LogP contribution is 2.18. The summed E-state index contributed by atoms with van der Waals surface area (Å²) < 4.78 is 0. The van der Waals surface area contributed by atoms with Crippen LogP contribution in [0.25, 0.3) is 0 Å². The Bertz CT molecular complexity index is 404. The number of hydrogen-bond acceptors (Lipinski definition) is 3. The minimum absolute atomic E-state index is 0.0222. The van der Waals surface area contributed by atoms with Gasteiger partial charge in [-0.05, 0) is 31.7 Å². The summed E-state index contributed by atoms with van der Waals surface area (Å²) in [5.74, 6) is 0.0222. The largest absolute Gasteiger partial charge is 0.395 e. The van der Waals surface area contributed by atoms with Crippen molar-refractivity contribution in [3.63, 3.8) is 0 Å². The Morgan fingerprint density at radius 3 is 2.63 bits per heavy atom. The summed E-state index contributed by atoms with van der Waals surface area (Å²) >= 11 is 0. The van der Waals surface area contributed by atoms with Crippen LogP contribution >= 0.6 is 0 Å². The predicted molar refractivity (Wildman–Crippen MR) is 74.8 cm³/mol. The van der Waals surface area contributed by atoms with Crippen molar-refractivity contribution in [3.05, 3.63) is 35.9 Å². The lowest BCUT2D eigenvalue weighted by Gasteiger charge is -2.21. The Labute approximate surface area is 114 Å². The number of hydrogen-bond donors (Lipinski definition) is 3. The van der Waals surface area contributed by atoms with Crippen molar-refractivity contribution in [1.82, 2.24) is 10.6 Å². The first-order valence-electron chi connectivity index (χ1n) is 6.90. The number of amides is 1. The van der Waals surface area contributed by atoms with Crippen LogP contribution in [0.2, 0.25) is 0 Å². The van der Waals surface area contributed by atoms with E-state index in [1.54, 1.807) is 0 Å². The van der Waals surface area contributed by atoms with Gasteiger partial charge in [0.15, 0.2) is 0 Å². The van der Waals surface area contributed by atoms with Crippen LogP contribution in [0.5, 0.6) is 0 Å². The third kappa shape index (κ3) is 4.65. The first kappa shape index (κ1) is 14.0. The highest BCUT2D eigenvalue weighted by atomic mass is 16.3. The summed E-state index contributed by atoms with van der Waals surface area (Å²) in [6.45, 7) is 1.86. The van der Waals surface area contributed by atoms with Gasteiger partial charge in [0.1, 0.15) is 0 Å². The molecule has 4 nitrogen and oxygen atoms in total. The van der Waals surface area contributed by atoms with Crippen molar-refractivity contribution in [2.75, 3.05) is 6.61 Å². The first-order valence-corrected chi connectivity index (χ1v) is 6.90. The number of nitrogens with one attached hydrogen (secondary N) is 2. The normalized spacial score (nSPS) is 17.8. The monoisotopic (exact) mass is 262 g/mol. The van der Waals surface area contributed by atoms with Crippen LogP contribution in [-0.4, -0.2) is 35.7 Å². The molecule has 1 aliphatic carbocycles. The van der Waals surface area contributed by atoms with E-state index in [0.717, 1.165) is 24.8 Å². The zero-order valence-electron chi connectivity index (χ0n) is 11.3. The molecule has 0 spiro atoms. The van der Waals surface area contributed by atoms with Gasteiger partial charge in [0.2, 0.25) is 5.91 Å². The van der Waals surface area contributed by atoms with Gasteiger partial charge < -0.3 is 15.7 Å². The second-order valence-corrected chi connectivity index (χ2v) is 5.24. The van der Waals surface area contributed by atoms with Gasteiger partial charge in [-0.15, -0.1) is 0 Å². The fourth-order valence-corrected chi connectivity index (χ4v) is 2.06. The van der Waals surface area contributed by atoms with Gasteiger partial charge in [0, 0.05) is 12.1 Å². The Morgan fingerprint density at radius 2 is 2.05 bits per heavy atom. The van der Waals surface area contributed by atoms with E-state index >= 15 is 0 Å². The van der Waals surface area contributed by atoms with E-state index in [1.807, 2.05) is 37.3 Å². The molecule has 1 amide bonds. The fourth-order valence-electron chi connectivity index (χ4n) is 2.06. The lowest BCUT2D eigenvalue weighted by Crippen LogP contribution is -2.49. The molecule has 4 heteroatoms. The highest BCUT2D eigenvalue weighted by Gasteiger charge is 2.26. The number of benzene rings is 1. The van der Waals surface area contributed by atoms with E-state index in [4.69, 9.17) is 0 Å². The fraction of sp³-hybridized carbons (Fsp3) is 0.533. The van der Waals surface area contributed by atoms with Gasteiger partial charge >= 0.3 is 0 Å². The van der Waals surface area contributed by atoms with Gasteiger partial charge in [-0.2, -0.15) is 0 Å². The van der Waals surface area contributed by atoms with Gasteiger partial charge in [-0.25, -0.2) is 0 Å². The molecule has 0 saturated heterocycles. The predicted octanol–water partition coefficient (Wildman–Crippen LogP) is 0.847. The number of carbonyl (C=O) groups is 1. The molecule has 1 aromatic rings. The Kier molecular flexibility index (Phi) is 4.93. The Hall–Kier alpha value is -1.39. The summed E-state index contributed by atoms with van der Waals surface area (Å²) in [5, 5.41) is 15.6. The zero-order valence-corrected chi connectivity index (χ0v) is 11.3. The average Bonchev–Trinajstić information content (AvgIpc) is 3.23. The molecule has 0 aromatic heterocycles. The minimum Gasteiger partial charge on any atom is -0.395 e. The van der Waals surface area contributed by atoms with Crippen LogP contribution in [0.4, 0.5) is 0 Å². The molecule has 104 valence electrons. The van der Waals surface area contributed by atoms with Crippen molar-refractivity contribution in [1.29, 1.82) is 0 Å². The van der Waals surface area contributed by atoms with Crippen LogP contribution < -0.4 is 10.6 Å². The maximum atomic E-state index is 11.8. The van der Waals surface area contributed by atoms with Gasteiger partial charge in [0.05, 0.1) is 12.6 Å². The summed E-state index contributed by atoms with van der Waals surface area (Å²) in [7, 11) is 0. The van der Waals surface area contributed by atoms with E-state index in [-0.39, 0.29) is 24.6 Å². The molecule has 3 N–H and O–H groups in total. The van der Waals surface area contributed by atoms with Crippen LogP contribution in [0.1, 0.15) is 25.3 Å². The smallest absolute Gasteiger partial charge is 0.237 e. The van der Waals surface area contributed by atoms with Crippen LogP contribution in [0.15, 0.2) is 30.3 Å². The number of aliphatic hydroxyl groups excluding tert-OH is 1. The standard InChI is InChI=1S/C15H22N2O2/c1-11(15(19)17-13-7-8-13)16-14(10-18)9-12-5-3-2-4-6-12/h2-6,11,13-14,16,18H,7-10H2,1H3,(H,17,19). The molecule has 0 aliphatic heterocycles. The van der Waals surface area contributed by atoms with E-state index in [0.29, 0.717) is 6.04 Å². The zero-order chi connectivity index (χ0) is 13.7. The van der Waals surface area contributed by atoms with Crippen LogP contribution in [0.3, 0.4) is 0 Å². The second kappa shape index (κ2) is 6.68. The molecule has 0 bridgehead atoms. The third-order valence-electron chi connectivity index (χ3n) is 3.35. The molecular formula is C15H22N2O2. The molecule has 19 heavy (non-hydrogen) atoms. The summed E-state index contributed by atoms with van der Waals surface area (Å²) in [5.41, 5.74) is 1.16. The third-order valence-corrected chi connectivity index (χ3v) is 3.35. The molecule has 1 aliphatic rings. The average molecular weight is 262 g/mol. The van der Waals surface area contributed by atoms with E-state index < -0.39 is 0 Å². The summed E-state index contributed by atoms with van der Waals surface area (Å²) in [6, 6.07) is 9.98. The molecule has 0 radical (unpaired) electrons. The van der Waals surface area contributed by atoms with E-state index in [9.17, 15) is 9.90 Å². The minimum atomic E-state index is -0.276. The summed E-state index contributed by atoms with van der Waals surface area (Å²) in [6.07, 6.45) is 2.90. The van der Waals surface area contributed by atoms with Crippen molar-refractivity contribution < 1.29 is 9.90 Å². The number of carbonyl (C=O) groups excluding carboxylic acids is 1. The number of rotatable bonds is 7. The van der Waals surface area contributed by atoms with Crippen LogP contribution in [0, 0.1) is 0 Å². The summed E-state index contributed by atoms with van der Waals surface area (Å²) in [4.78, 5) is 11.8. The van der Waals surface area contributed by atoms with Gasteiger partial charge in [-0.3, -0.25) is 4.79 Å². The highest BCUT2D eigenvalue weighted by molar-refractivity contribution is 5.81. The molecule has 2 atom stereocenters. The van der Waals surface area contributed by atoms with Crippen molar-refractivity contribution in [2.24, 2.45) is 0 Å². The first-order chi connectivity index (χ1) is 9.19. The van der Waals surface area contributed by atoms with Crippen molar-refractivity contribution in [3.8, 4) is 0 Å².